The van der Waals surface area contributed by atoms with Crippen molar-refractivity contribution in [3.63, 3.8) is 0 Å². The van der Waals surface area contributed by atoms with Crippen molar-refractivity contribution in [2.75, 3.05) is 11.9 Å². The number of amides is 1. The molecule has 122 valence electrons. The van der Waals surface area contributed by atoms with Crippen LogP contribution in [-0.4, -0.2) is 24.3 Å². The number of nitrogens with one attached hydrogen (secondary N) is 2. The molecule has 1 aromatic rings. The normalized spacial score (nSPS) is 15.6. The third-order valence-electron chi connectivity index (χ3n) is 3.75. The average Bonchev–Trinajstić information content (AvgIpc) is 2.44. The molecule has 2 N–H and O–H groups in total. The monoisotopic (exact) mass is 304 g/mol. The third kappa shape index (κ3) is 4.93. The molecule has 0 fully saturated rings. The largest absolute Gasteiger partial charge is 0.444 e. The standard InChI is InChI=1S/C18H28N2O2/c1-13(12-19-17(21)22-18(2,3)4)20-16-11-7-9-14-8-5-6-10-15(14)16/h7,9,11,13,20H,5-6,8,10,12H2,1-4H3,(H,19,21). The average molecular weight is 304 g/mol. The zero-order chi connectivity index (χ0) is 16.2. The minimum Gasteiger partial charge on any atom is -0.444 e. The Labute approximate surface area is 133 Å². The molecule has 2 rings (SSSR count). The van der Waals surface area contributed by atoms with Crippen molar-refractivity contribution in [2.24, 2.45) is 0 Å². The Hall–Kier alpha value is -1.71. The summed E-state index contributed by atoms with van der Waals surface area (Å²) in [6, 6.07) is 6.62. The number of anilines is 1. The van der Waals surface area contributed by atoms with Crippen LogP contribution in [0.15, 0.2) is 18.2 Å². The Morgan fingerprint density at radius 1 is 1.27 bits per heavy atom. The smallest absolute Gasteiger partial charge is 0.407 e. The first-order chi connectivity index (χ1) is 10.3. The fourth-order valence-electron chi connectivity index (χ4n) is 2.78. The molecule has 0 spiro atoms. The Morgan fingerprint density at radius 2 is 2.00 bits per heavy atom. The van der Waals surface area contributed by atoms with Crippen LogP contribution >= 0.6 is 0 Å². The minimum atomic E-state index is -0.459. The van der Waals surface area contributed by atoms with Crippen LogP contribution in [0, 0.1) is 0 Å². The number of hydrogen-bond acceptors (Lipinski definition) is 3. The zero-order valence-electron chi connectivity index (χ0n) is 14.2. The van der Waals surface area contributed by atoms with Gasteiger partial charge in [-0.05, 0) is 70.6 Å². The fourth-order valence-corrected chi connectivity index (χ4v) is 2.78. The lowest BCUT2D eigenvalue weighted by Gasteiger charge is -2.24. The number of hydrogen-bond donors (Lipinski definition) is 2. The topological polar surface area (TPSA) is 50.4 Å². The number of benzene rings is 1. The fraction of sp³-hybridized carbons (Fsp3) is 0.611. The Balaban J connectivity index is 1.87. The van der Waals surface area contributed by atoms with Crippen LogP contribution in [0.2, 0.25) is 0 Å². The van der Waals surface area contributed by atoms with E-state index >= 15 is 0 Å². The summed E-state index contributed by atoms with van der Waals surface area (Å²) in [5.74, 6) is 0. The van der Waals surface area contributed by atoms with Gasteiger partial charge in [0.15, 0.2) is 0 Å². The first kappa shape index (κ1) is 16.7. The van der Waals surface area contributed by atoms with E-state index in [1.54, 1.807) is 0 Å². The molecule has 4 nitrogen and oxygen atoms in total. The second-order valence-electron chi connectivity index (χ2n) is 7.08. The van der Waals surface area contributed by atoms with Crippen LogP contribution in [0.3, 0.4) is 0 Å². The van der Waals surface area contributed by atoms with Gasteiger partial charge in [-0.1, -0.05) is 12.1 Å². The maximum Gasteiger partial charge on any atom is 0.407 e. The summed E-state index contributed by atoms with van der Waals surface area (Å²) in [5.41, 5.74) is 3.65. The predicted octanol–water partition coefficient (Wildman–Crippen LogP) is 3.89. The van der Waals surface area contributed by atoms with Crippen molar-refractivity contribution in [3.8, 4) is 0 Å². The van der Waals surface area contributed by atoms with Gasteiger partial charge in [-0.2, -0.15) is 0 Å². The second-order valence-corrected chi connectivity index (χ2v) is 7.08. The number of carbonyl (C=O) groups excluding carboxylic acids is 1. The molecule has 1 amide bonds. The van der Waals surface area contributed by atoms with E-state index in [9.17, 15) is 4.79 Å². The van der Waals surface area contributed by atoms with Gasteiger partial charge in [-0.3, -0.25) is 0 Å². The van der Waals surface area contributed by atoms with Gasteiger partial charge in [-0.25, -0.2) is 4.79 Å². The molecular formula is C18H28N2O2. The van der Waals surface area contributed by atoms with Crippen molar-refractivity contribution in [2.45, 2.75) is 65.0 Å². The summed E-state index contributed by atoms with van der Waals surface area (Å²) in [6.45, 7) is 8.21. The van der Waals surface area contributed by atoms with Crippen LogP contribution < -0.4 is 10.6 Å². The number of fused-ring (bicyclic) bond motifs is 1. The molecule has 0 radical (unpaired) electrons. The number of carbonyl (C=O) groups is 1. The summed E-state index contributed by atoms with van der Waals surface area (Å²) in [6.07, 6.45) is 4.50. The lowest BCUT2D eigenvalue weighted by atomic mass is 9.90. The molecule has 0 saturated carbocycles. The van der Waals surface area contributed by atoms with Gasteiger partial charge in [0.25, 0.3) is 0 Å². The molecule has 1 aliphatic rings. The van der Waals surface area contributed by atoms with Crippen LogP contribution in [0.25, 0.3) is 0 Å². The van der Waals surface area contributed by atoms with E-state index in [0.717, 1.165) is 6.42 Å². The van der Waals surface area contributed by atoms with Gasteiger partial charge >= 0.3 is 6.09 Å². The first-order valence-electron chi connectivity index (χ1n) is 8.19. The molecule has 1 unspecified atom stereocenters. The molecule has 0 saturated heterocycles. The van der Waals surface area contributed by atoms with Gasteiger partial charge in [0, 0.05) is 18.3 Å². The maximum absolute atomic E-state index is 11.7. The van der Waals surface area contributed by atoms with Crippen molar-refractivity contribution in [1.82, 2.24) is 5.32 Å². The second kappa shape index (κ2) is 7.03. The third-order valence-corrected chi connectivity index (χ3v) is 3.75. The van der Waals surface area contributed by atoms with Crippen LogP contribution in [-0.2, 0) is 17.6 Å². The maximum atomic E-state index is 11.7. The number of ether oxygens (including phenoxy) is 1. The Bertz CT molecular complexity index is 520. The highest BCUT2D eigenvalue weighted by atomic mass is 16.6. The molecule has 1 atom stereocenters. The van der Waals surface area contributed by atoms with Gasteiger partial charge in [0.2, 0.25) is 0 Å². The molecule has 4 heteroatoms. The lowest BCUT2D eigenvalue weighted by Crippen LogP contribution is -2.38. The van der Waals surface area contributed by atoms with Gasteiger partial charge < -0.3 is 15.4 Å². The highest BCUT2D eigenvalue weighted by Crippen LogP contribution is 2.28. The lowest BCUT2D eigenvalue weighted by molar-refractivity contribution is 0.0526. The molecule has 0 bridgehead atoms. The Kier molecular flexibility index (Phi) is 5.33. The van der Waals surface area contributed by atoms with E-state index in [2.05, 4.69) is 35.8 Å². The summed E-state index contributed by atoms with van der Waals surface area (Å²) in [5, 5.41) is 6.33. The number of alkyl carbamates (subject to hydrolysis) is 1. The van der Waals surface area contributed by atoms with E-state index < -0.39 is 5.60 Å². The number of aryl methyl sites for hydroxylation is 1. The summed E-state index contributed by atoms with van der Waals surface area (Å²) in [7, 11) is 0. The molecule has 22 heavy (non-hydrogen) atoms. The van der Waals surface area contributed by atoms with Gasteiger partial charge in [0.1, 0.15) is 5.60 Å². The van der Waals surface area contributed by atoms with Crippen molar-refractivity contribution in [3.05, 3.63) is 29.3 Å². The molecule has 0 aromatic heterocycles. The quantitative estimate of drug-likeness (QED) is 0.887. The van der Waals surface area contributed by atoms with Crippen LogP contribution in [0.1, 0.15) is 51.7 Å². The minimum absolute atomic E-state index is 0.154. The van der Waals surface area contributed by atoms with Crippen LogP contribution in [0.5, 0.6) is 0 Å². The molecule has 0 aliphatic heterocycles. The van der Waals surface area contributed by atoms with Crippen molar-refractivity contribution >= 4 is 11.8 Å². The van der Waals surface area contributed by atoms with Crippen molar-refractivity contribution in [1.29, 1.82) is 0 Å². The Morgan fingerprint density at radius 3 is 2.73 bits per heavy atom. The summed E-state index contributed by atoms with van der Waals surface area (Å²) >= 11 is 0. The van der Waals surface area contributed by atoms with E-state index in [-0.39, 0.29) is 12.1 Å². The molecule has 0 heterocycles. The van der Waals surface area contributed by atoms with E-state index in [1.165, 1.54) is 36.1 Å². The summed E-state index contributed by atoms with van der Waals surface area (Å²) in [4.78, 5) is 11.7. The van der Waals surface area contributed by atoms with E-state index in [0.29, 0.717) is 6.54 Å². The molecule has 1 aliphatic carbocycles. The van der Waals surface area contributed by atoms with E-state index in [1.807, 2.05) is 20.8 Å². The zero-order valence-corrected chi connectivity index (χ0v) is 14.2. The molecular weight excluding hydrogens is 276 g/mol. The van der Waals surface area contributed by atoms with Gasteiger partial charge in [-0.15, -0.1) is 0 Å². The number of rotatable bonds is 4. The highest BCUT2D eigenvalue weighted by Gasteiger charge is 2.17. The first-order valence-corrected chi connectivity index (χ1v) is 8.19. The predicted molar refractivity (Wildman–Crippen MR) is 90.4 cm³/mol. The van der Waals surface area contributed by atoms with Gasteiger partial charge in [0.05, 0.1) is 0 Å². The van der Waals surface area contributed by atoms with Crippen LogP contribution in [0.4, 0.5) is 10.5 Å². The van der Waals surface area contributed by atoms with Crippen molar-refractivity contribution < 1.29 is 9.53 Å². The highest BCUT2D eigenvalue weighted by molar-refractivity contribution is 5.67. The SMILES string of the molecule is CC(CNC(=O)OC(C)(C)C)Nc1cccc2c1CCCC2. The summed E-state index contributed by atoms with van der Waals surface area (Å²) < 4.78 is 5.25. The molecule has 1 aromatic carbocycles. The van der Waals surface area contributed by atoms with E-state index in [4.69, 9.17) is 4.74 Å².